The van der Waals surface area contributed by atoms with Gasteiger partial charge in [0.2, 0.25) is 0 Å². The summed E-state index contributed by atoms with van der Waals surface area (Å²) in [5.41, 5.74) is 3.00. The first kappa shape index (κ1) is 21.7. The molecule has 1 aliphatic heterocycles. The highest BCUT2D eigenvalue weighted by Gasteiger charge is 2.30. The van der Waals surface area contributed by atoms with Crippen LogP contribution in [0.3, 0.4) is 0 Å². The molecule has 3 N–H and O–H groups in total. The molecule has 2 aromatic rings. The summed E-state index contributed by atoms with van der Waals surface area (Å²) in [6.45, 7) is 2.47. The molecule has 0 saturated heterocycles. The van der Waals surface area contributed by atoms with Crippen molar-refractivity contribution in [1.82, 2.24) is 25.1 Å². The van der Waals surface area contributed by atoms with Crippen LogP contribution in [0.25, 0.3) is 0 Å². The predicted octanol–water partition coefficient (Wildman–Crippen LogP) is 1.13. The molecule has 1 amide bonds. The van der Waals surface area contributed by atoms with Crippen molar-refractivity contribution in [3.63, 3.8) is 0 Å². The number of carbonyl (C=O) groups is 1. The summed E-state index contributed by atoms with van der Waals surface area (Å²) in [5.74, 6) is 0.364. The number of hydrogen-bond donors (Lipinski definition) is 3. The zero-order chi connectivity index (χ0) is 21.8. The van der Waals surface area contributed by atoms with Gasteiger partial charge in [0.15, 0.2) is 0 Å². The molecular formula is C23H32N6O2. The van der Waals surface area contributed by atoms with Crippen LogP contribution in [0.1, 0.15) is 34.5 Å². The molecule has 8 nitrogen and oxygen atoms in total. The van der Waals surface area contributed by atoms with Gasteiger partial charge in [0.1, 0.15) is 17.8 Å². The lowest BCUT2D eigenvalue weighted by Crippen LogP contribution is -2.47. The summed E-state index contributed by atoms with van der Waals surface area (Å²) in [6, 6.07) is 11.1. The van der Waals surface area contributed by atoms with Crippen LogP contribution < -0.4 is 10.6 Å². The van der Waals surface area contributed by atoms with Crippen molar-refractivity contribution in [2.24, 2.45) is 0 Å². The first-order chi connectivity index (χ1) is 15.0. The Bertz CT molecular complexity index is 899. The Labute approximate surface area is 183 Å². The molecule has 0 spiro atoms. The van der Waals surface area contributed by atoms with Gasteiger partial charge < -0.3 is 20.6 Å². The zero-order valence-electron chi connectivity index (χ0n) is 18.3. The lowest BCUT2D eigenvalue weighted by atomic mass is 9.86. The largest absolute Gasteiger partial charge is 0.390 e. The lowest BCUT2D eigenvalue weighted by Gasteiger charge is -2.40. The van der Waals surface area contributed by atoms with E-state index in [1.165, 1.54) is 17.5 Å². The van der Waals surface area contributed by atoms with Crippen molar-refractivity contribution >= 4 is 11.7 Å². The molecule has 4 rings (SSSR count). The predicted molar refractivity (Wildman–Crippen MR) is 120 cm³/mol. The first-order valence-corrected chi connectivity index (χ1v) is 11.0. The number of anilines is 1. The number of aliphatic hydroxyl groups is 1. The van der Waals surface area contributed by atoms with Crippen LogP contribution in [0.2, 0.25) is 0 Å². The maximum atomic E-state index is 12.5. The summed E-state index contributed by atoms with van der Waals surface area (Å²) in [6.07, 6.45) is 3.88. The Hall–Kier alpha value is -2.55. The topological polar surface area (TPSA) is 93.6 Å². The SMILES string of the molecule is CN(C)[C@H]1C[C@@H](Nc2cc(C(=O)NC[C@H](O)CN3CCc4ccccc4C3)ncn2)C1. The molecule has 0 unspecified atom stereocenters. The van der Waals surface area contributed by atoms with Gasteiger partial charge in [-0.05, 0) is 44.5 Å². The minimum absolute atomic E-state index is 0.191. The minimum Gasteiger partial charge on any atom is -0.390 e. The number of aliphatic hydroxyl groups excluding tert-OH is 1. The van der Waals surface area contributed by atoms with Crippen LogP contribution in [0.5, 0.6) is 0 Å². The highest BCUT2D eigenvalue weighted by molar-refractivity contribution is 5.92. The van der Waals surface area contributed by atoms with E-state index in [0.29, 0.717) is 30.1 Å². The summed E-state index contributed by atoms with van der Waals surface area (Å²) in [4.78, 5) is 25.3. The highest BCUT2D eigenvalue weighted by Crippen LogP contribution is 2.26. The first-order valence-electron chi connectivity index (χ1n) is 11.0. The Morgan fingerprint density at radius 1 is 1.26 bits per heavy atom. The number of nitrogens with zero attached hydrogens (tertiary/aromatic N) is 4. The van der Waals surface area contributed by atoms with Gasteiger partial charge in [-0.25, -0.2) is 9.97 Å². The van der Waals surface area contributed by atoms with E-state index >= 15 is 0 Å². The summed E-state index contributed by atoms with van der Waals surface area (Å²) in [5, 5.41) is 16.6. The third-order valence-corrected chi connectivity index (χ3v) is 6.27. The van der Waals surface area contributed by atoms with Gasteiger partial charge in [-0.15, -0.1) is 0 Å². The normalized spacial score (nSPS) is 21.8. The fourth-order valence-electron chi connectivity index (χ4n) is 4.27. The maximum absolute atomic E-state index is 12.5. The minimum atomic E-state index is -0.633. The van der Waals surface area contributed by atoms with E-state index in [1.807, 2.05) is 0 Å². The molecule has 1 aromatic heterocycles. The average Bonchev–Trinajstić information content (AvgIpc) is 2.74. The number of rotatable bonds is 8. The number of β-amino-alcohol motifs (C(OH)–C–C–N with tert-alkyl or cyclic N) is 1. The monoisotopic (exact) mass is 424 g/mol. The quantitative estimate of drug-likeness (QED) is 0.585. The Morgan fingerprint density at radius 3 is 2.81 bits per heavy atom. The van der Waals surface area contributed by atoms with Gasteiger partial charge in [0, 0.05) is 44.3 Å². The van der Waals surface area contributed by atoms with Gasteiger partial charge in [-0.2, -0.15) is 0 Å². The molecule has 8 heteroatoms. The van der Waals surface area contributed by atoms with Crippen LogP contribution in [-0.4, -0.2) is 82.7 Å². The summed E-state index contributed by atoms with van der Waals surface area (Å²) in [7, 11) is 4.18. The number of amides is 1. The number of aromatic nitrogens is 2. The van der Waals surface area contributed by atoms with E-state index in [-0.39, 0.29) is 12.5 Å². The van der Waals surface area contributed by atoms with Crippen molar-refractivity contribution in [2.75, 3.05) is 39.0 Å². The molecule has 0 bridgehead atoms. The molecule has 1 aliphatic carbocycles. The van der Waals surface area contributed by atoms with E-state index in [4.69, 9.17) is 0 Å². The molecule has 1 atom stereocenters. The lowest BCUT2D eigenvalue weighted by molar-refractivity contribution is 0.0838. The molecule has 1 fully saturated rings. The Morgan fingerprint density at radius 2 is 2.03 bits per heavy atom. The fourth-order valence-corrected chi connectivity index (χ4v) is 4.27. The van der Waals surface area contributed by atoms with Gasteiger partial charge >= 0.3 is 0 Å². The molecule has 1 saturated carbocycles. The van der Waals surface area contributed by atoms with Crippen molar-refractivity contribution < 1.29 is 9.90 Å². The van der Waals surface area contributed by atoms with Crippen LogP contribution >= 0.6 is 0 Å². The number of fused-ring (bicyclic) bond motifs is 1. The van der Waals surface area contributed by atoms with Crippen molar-refractivity contribution in [2.45, 2.75) is 44.0 Å². The van der Waals surface area contributed by atoms with E-state index in [2.05, 4.69) is 68.8 Å². The number of benzene rings is 1. The van der Waals surface area contributed by atoms with Crippen molar-refractivity contribution in [3.8, 4) is 0 Å². The smallest absolute Gasteiger partial charge is 0.270 e. The number of carbonyl (C=O) groups excluding carboxylic acids is 1. The Balaban J connectivity index is 1.22. The Kier molecular flexibility index (Phi) is 6.80. The zero-order valence-corrected chi connectivity index (χ0v) is 18.3. The third-order valence-electron chi connectivity index (χ3n) is 6.27. The summed E-state index contributed by atoms with van der Waals surface area (Å²) < 4.78 is 0. The van der Waals surface area contributed by atoms with Crippen LogP contribution in [0.4, 0.5) is 5.82 Å². The molecule has 2 aliphatic rings. The number of hydrogen-bond acceptors (Lipinski definition) is 7. The summed E-state index contributed by atoms with van der Waals surface area (Å²) >= 11 is 0. The molecule has 1 aromatic carbocycles. The van der Waals surface area contributed by atoms with Crippen LogP contribution in [0.15, 0.2) is 36.7 Å². The fraction of sp³-hybridized carbons (Fsp3) is 0.522. The van der Waals surface area contributed by atoms with E-state index < -0.39 is 6.10 Å². The standard InChI is InChI=1S/C23H32N6O2/c1-28(2)19-9-18(10-19)27-22-11-21(25-15-26-22)23(31)24-12-20(30)14-29-8-7-16-5-3-4-6-17(16)13-29/h3-6,11,15,18-20,30H,7-10,12-14H2,1-2H3,(H,24,31)(H,25,26,27)/t18-,19+,20-/m0/s1. The van der Waals surface area contributed by atoms with Gasteiger partial charge in [-0.3, -0.25) is 9.69 Å². The van der Waals surface area contributed by atoms with E-state index in [0.717, 1.165) is 32.4 Å². The van der Waals surface area contributed by atoms with Crippen molar-refractivity contribution in [1.29, 1.82) is 0 Å². The second-order valence-electron chi connectivity index (χ2n) is 8.84. The van der Waals surface area contributed by atoms with Crippen LogP contribution in [0, 0.1) is 0 Å². The third kappa shape index (κ3) is 5.58. The average molecular weight is 425 g/mol. The van der Waals surface area contributed by atoms with Crippen molar-refractivity contribution in [3.05, 3.63) is 53.5 Å². The second kappa shape index (κ2) is 9.72. The molecule has 166 valence electrons. The highest BCUT2D eigenvalue weighted by atomic mass is 16.3. The molecule has 31 heavy (non-hydrogen) atoms. The van der Waals surface area contributed by atoms with Gasteiger partial charge in [0.05, 0.1) is 6.10 Å². The molecular weight excluding hydrogens is 392 g/mol. The second-order valence-corrected chi connectivity index (χ2v) is 8.84. The van der Waals surface area contributed by atoms with E-state index in [1.54, 1.807) is 6.07 Å². The van der Waals surface area contributed by atoms with E-state index in [9.17, 15) is 9.90 Å². The van der Waals surface area contributed by atoms with Gasteiger partial charge in [0.25, 0.3) is 5.91 Å². The van der Waals surface area contributed by atoms with Gasteiger partial charge in [-0.1, -0.05) is 24.3 Å². The number of nitrogens with one attached hydrogen (secondary N) is 2. The molecule has 2 heterocycles. The van der Waals surface area contributed by atoms with Crippen LogP contribution in [-0.2, 0) is 13.0 Å². The maximum Gasteiger partial charge on any atom is 0.270 e. The molecule has 0 radical (unpaired) electrons.